The second-order valence-electron chi connectivity index (χ2n) is 2.22. The zero-order valence-electron chi connectivity index (χ0n) is 5.88. The summed E-state index contributed by atoms with van der Waals surface area (Å²) in [5, 5.41) is 41.7. The first kappa shape index (κ1) is 12.8. The van der Waals surface area contributed by atoms with Crippen LogP contribution in [-0.2, 0) is 0 Å². The average molecular weight is 310 g/mol. The Morgan fingerprint density at radius 3 is 1.00 bits per heavy atom. The minimum Gasteiger partial charge on any atom is -0.387 e. The Bertz CT molecular complexity index is 117. The summed E-state index contributed by atoms with van der Waals surface area (Å²) in [5.41, 5.74) is 0. The second-order valence-corrected chi connectivity index (χ2v) is 4.09. The Morgan fingerprint density at radius 2 is 0.833 bits per heavy atom. The van der Waals surface area contributed by atoms with E-state index in [9.17, 15) is 0 Å². The van der Waals surface area contributed by atoms with Crippen molar-refractivity contribution in [1.29, 1.82) is 0 Å². The average Bonchev–Trinajstić information content (AvgIpc) is 2.00. The van der Waals surface area contributed by atoms with Gasteiger partial charge < -0.3 is 25.5 Å². The molecular formula is C5H10Br2O5. The Morgan fingerprint density at radius 1 is 0.583 bits per heavy atom. The van der Waals surface area contributed by atoms with Gasteiger partial charge in [-0.2, -0.15) is 0 Å². The minimum absolute atomic E-state index is 1.35. The van der Waals surface area contributed by atoms with Crippen molar-refractivity contribution in [3.8, 4) is 0 Å². The fraction of sp³-hybridized carbons (Fsp3) is 1.00. The van der Waals surface area contributed by atoms with Gasteiger partial charge in [0.05, 0.1) is 0 Å². The molecule has 0 fully saturated rings. The van der Waals surface area contributed by atoms with Gasteiger partial charge in [0.2, 0.25) is 0 Å². The summed E-state index contributed by atoms with van der Waals surface area (Å²) in [5.74, 6) is 0. The van der Waals surface area contributed by atoms with Crippen LogP contribution in [0.15, 0.2) is 0 Å². The first-order chi connectivity index (χ1) is 5.37. The van der Waals surface area contributed by atoms with Crippen LogP contribution in [0.1, 0.15) is 0 Å². The molecule has 0 radical (unpaired) electrons. The molecule has 3 unspecified atom stereocenters. The number of hydrogen-bond donors (Lipinski definition) is 5. The highest BCUT2D eigenvalue weighted by Gasteiger charge is 2.32. The Hall–Kier alpha value is 0.760. The maximum atomic E-state index is 9.05. The van der Waals surface area contributed by atoms with Crippen molar-refractivity contribution in [2.75, 3.05) is 0 Å². The zero-order chi connectivity index (χ0) is 9.89. The van der Waals surface area contributed by atoms with Gasteiger partial charge in [-0.15, -0.1) is 0 Å². The van der Waals surface area contributed by atoms with E-state index in [1.165, 1.54) is 0 Å². The number of hydrogen-bond acceptors (Lipinski definition) is 5. The molecule has 0 rings (SSSR count). The van der Waals surface area contributed by atoms with E-state index >= 15 is 0 Å². The van der Waals surface area contributed by atoms with Gasteiger partial charge in [0, 0.05) is 0 Å². The van der Waals surface area contributed by atoms with Crippen LogP contribution in [0.25, 0.3) is 0 Å². The van der Waals surface area contributed by atoms with Crippen LogP contribution in [0.2, 0.25) is 0 Å². The van der Waals surface area contributed by atoms with E-state index < -0.39 is 28.3 Å². The van der Waals surface area contributed by atoms with Gasteiger partial charge >= 0.3 is 0 Å². The van der Waals surface area contributed by atoms with Gasteiger partial charge in [0.15, 0.2) is 0 Å². The van der Waals surface area contributed by atoms with Crippen molar-refractivity contribution in [2.45, 2.75) is 28.3 Å². The highest BCUT2D eigenvalue weighted by molar-refractivity contribution is 9.09. The van der Waals surface area contributed by atoms with Crippen molar-refractivity contribution in [3.05, 3.63) is 0 Å². The van der Waals surface area contributed by atoms with Crippen LogP contribution in [0.5, 0.6) is 0 Å². The van der Waals surface area contributed by atoms with Crippen molar-refractivity contribution in [2.24, 2.45) is 0 Å². The van der Waals surface area contributed by atoms with Crippen LogP contribution in [0.3, 0.4) is 0 Å². The van der Waals surface area contributed by atoms with E-state index in [0.717, 1.165) is 0 Å². The summed E-state index contributed by atoms with van der Waals surface area (Å²) in [6.07, 6.45) is -4.76. The molecule has 0 aromatic heterocycles. The predicted octanol–water partition coefficient (Wildman–Crippen LogP) is -1.50. The van der Waals surface area contributed by atoms with Crippen LogP contribution < -0.4 is 0 Å². The van der Waals surface area contributed by atoms with Gasteiger partial charge in [-0.1, -0.05) is 31.9 Å². The lowest BCUT2D eigenvalue weighted by atomic mass is 10.1. The van der Waals surface area contributed by atoms with Gasteiger partial charge in [-0.25, -0.2) is 0 Å². The highest BCUT2D eigenvalue weighted by atomic mass is 79.9. The third-order valence-electron chi connectivity index (χ3n) is 1.26. The smallest absolute Gasteiger partial charge is 0.137 e. The maximum absolute atomic E-state index is 9.05. The minimum atomic E-state index is -1.63. The summed E-state index contributed by atoms with van der Waals surface area (Å²) < 4.78 is 0. The predicted molar refractivity (Wildman–Crippen MR) is 47.9 cm³/mol. The van der Waals surface area contributed by atoms with Crippen molar-refractivity contribution < 1.29 is 25.5 Å². The van der Waals surface area contributed by atoms with E-state index in [2.05, 4.69) is 31.9 Å². The number of alkyl halides is 2. The van der Waals surface area contributed by atoms with E-state index in [4.69, 9.17) is 25.5 Å². The van der Waals surface area contributed by atoms with Crippen LogP contribution >= 0.6 is 31.9 Å². The third-order valence-corrected chi connectivity index (χ3v) is 2.35. The van der Waals surface area contributed by atoms with Crippen LogP contribution in [-0.4, -0.2) is 53.9 Å². The molecule has 5 N–H and O–H groups in total. The summed E-state index contributed by atoms with van der Waals surface area (Å²) in [6.45, 7) is 0. The quantitative estimate of drug-likeness (QED) is 0.407. The number of halogens is 2. The lowest BCUT2D eigenvalue weighted by Gasteiger charge is -2.24. The van der Waals surface area contributed by atoms with Crippen molar-refractivity contribution in [1.82, 2.24) is 0 Å². The molecule has 0 aromatic rings. The molecule has 0 aliphatic carbocycles. The monoisotopic (exact) mass is 308 g/mol. The largest absolute Gasteiger partial charge is 0.387 e. The van der Waals surface area contributed by atoms with Crippen molar-refractivity contribution >= 4 is 31.9 Å². The molecule has 0 amide bonds. The summed E-state index contributed by atoms with van der Waals surface area (Å²) in [6, 6.07) is 0. The topological polar surface area (TPSA) is 101 Å². The van der Waals surface area contributed by atoms with Crippen LogP contribution in [0, 0.1) is 0 Å². The van der Waals surface area contributed by atoms with E-state index in [1.54, 1.807) is 0 Å². The Kier molecular flexibility index (Phi) is 5.83. The molecule has 0 saturated carbocycles. The molecule has 0 spiro atoms. The Balaban J connectivity index is 4.08. The molecule has 7 heteroatoms. The molecule has 0 saturated heterocycles. The number of aliphatic hydroxyl groups is 5. The summed E-state index contributed by atoms with van der Waals surface area (Å²) >= 11 is 5.19. The van der Waals surface area contributed by atoms with E-state index in [1.807, 2.05) is 0 Å². The molecule has 5 nitrogen and oxygen atoms in total. The first-order valence-electron chi connectivity index (χ1n) is 3.06. The molecule has 0 bridgehead atoms. The SMILES string of the molecule is OC(Br)[C@@H](O)C(O)[C@@H](O)C(O)Br. The van der Waals surface area contributed by atoms with Gasteiger partial charge in [0.25, 0.3) is 0 Å². The van der Waals surface area contributed by atoms with E-state index in [0.29, 0.717) is 0 Å². The second kappa shape index (κ2) is 5.48. The lowest BCUT2D eigenvalue weighted by molar-refractivity contribution is -0.101. The number of rotatable bonds is 4. The zero-order valence-corrected chi connectivity index (χ0v) is 9.05. The fourth-order valence-electron chi connectivity index (χ4n) is 0.527. The van der Waals surface area contributed by atoms with Gasteiger partial charge in [-0.3, -0.25) is 0 Å². The first-order valence-corrected chi connectivity index (χ1v) is 4.89. The summed E-state index contributed by atoms with van der Waals surface area (Å²) in [7, 11) is 0. The molecular weight excluding hydrogens is 300 g/mol. The van der Waals surface area contributed by atoms with Gasteiger partial charge in [0.1, 0.15) is 28.3 Å². The molecule has 0 aliphatic heterocycles. The van der Waals surface area contributed by atoms with Crippen molar-refractivity contribution in [3.63, 3.8) is 0 Å². The molecule has 12 heavy (non-hydrogen) atoms. The maximum Gasteiger partial charge on any atom is 0.137 e. The third kappa shape index (κ3) is 3.65. The fourth-order valence-corrected chi connectivity index (χ4v) is 1.15. The standard InChI is InChI=1S/C5H10Br2O5/c6-4(11)2(9)1(8)3(10)5(7)12/h1-5,8-12H/t1?,2-,3+,4?,5?. The van der Waals surface area contributed by atoms with Crippen LogP contribution in [0.4, 0.5) is 0 Å². The highest BCUT2D eigenvalue weighted by Crippen LogP contribution is 2.14. The molecule has 0 aromatic carbocycles. The summed E-state index contributed by atoms with van der Waals surface area (Å²) in [4.78, 5) is 0. The molecule has 74 valence electrons. The van der Waals surface area contributed by atoms with E-state index in [-0.39, 0.29) is 0 Å². The Labute approximate surface area is 85.9 Å². The molecule has 0 heterocycles. The lowest BCUT2D eigenvalue weighted by Crippen LogP contribution is -2.46. The number of aliphatic hydroxyl groups excluding tert-OH is 5. The van der Waals surface area contributed by atoms with Gasteiger partial charge in [-0.05, 0) is 0 Å². The molecule has 5 atom stereocenters. The molecule has 0 aliphatic rings. The normalized spacial score (nSPS) is 24.2.